The number of nitrogens with one attached hydrogen (secondary N) is 1. The number of anilines is 2. The molecule has 236 valence electrons. The number of nitrogen functional groups attached to an aromatic ring is 1. The SMILES string of the molecule is C[C@H]1CN(Cc2cc(F)cc(F)c2F)CCN1C(=O)c1ccc(NS(=O)(=O)c2ccc(N)cc2-c2cccc3cccnc23)cc1. The number of rotatable bonds is 7. The van der Waals surface area contributed by atoms with Crippen LogP contribution in [0.5, 0.6) is 0 Å². The molecule has 2 heterocycles. The summed E-state index contributed by atoms with van der Waals surface area (Å²) in [6.07, 6.45) is 1.64. The molecule has 0 radical (unpaired) electrons. The third-order valence-electron chi connectivity index (χ3n) is 8.03. The number of hydrogen-bond donors (Lipinski definition) is 2. The van der Waals surface area contributed by atoms with Crippen LogP contribution in [-0.2, 0) is 16.6 Å². The van der Waals surface area contributed by atoms with Crippen molar-refractivity contribution in [3.63, 3.8) is 0 Å². The van der Waals surface area contributed by atoms with Gasteiger partial charge in [-0.05, 0) is 61.5 Å². The van der Waals surface area contributed by atoms with Crippen LogP contribution in [0.1, 0.15) is 22.8 Å². The first-order chi connectivity index (χ1) is 22.0. The lowest BCUT2D eigenvalue weighted by Gasteiger charge is -2.40. The van der Waals surface area contributed by atoms with Gasteiger partial charge in [0, 0.05) is 83.5 Å². The molecule has 0 bridgehead atoms. The lowest BCUT2D eigenvalue weighted by molar-refractivity contribution is 0.0473. The molecule has 0 aliphatic carbocycles. The fraction of sp³-hybridized carbons (Fsp3) is 0.176. The minimum Gasteiger partial charge on any atom is -0.399 e. The number of benzene rings is 4. The van der Waals surface area contributed by atoms with Crippen LogP contribution >= 0.6 is 0 Å². The van der Waals surface area contributed by atoms with Crippen LogP contribution in [0.2, 0.25) is 0 Å². The van der Waals surface area contributed by atoms with Crippen molar-refractivity contribution in [1.29, 1.82) is 0 Å². The first-order valence-corrected chi connectivity index (χ1v) is 16.0. The smallest absolute Gasteiger partial charge is 0.262 e. The number of sulfonamides is 1. The summed E-state index contributed by atoms with van der Waals surface area (Å²) in [5, 5.41) is 0.852. The lowest BCUT2D eigenvalue weighted by atomic mass is 10.0. The number of amides is 1. The number of hydrogen-bond acceptors (Lipinski definition) is 6. The predicted molar refractivity (Wildman–Crippen MR) is 171 cm³/mol. The van der Waals surface area contributed by atoms with Gasteiger partial charge in [0.05, 0.1) is 10.4 Å². The highest BCUT2D eigenvalue weighted by Gasteiger charge is 2.29. The van der Waals surface area contributed by atoms with Crippen LogP contribution in [0.4, 0.5) is 24.5 Å². The standard InChI is InChI=1S/C34H30F3N5O3S/c1-21-19-41(20-24-16-25(35)17-30(36)32(24)37)14-15-42(21)34(43)23-7-10-27(11-8-23)40-46(44,45)31-12-9-26(38)18-29(31)28-6-2-4-22-5-3-13-39-33(22)28/h2-13,16-18,21,40H,14-15,19-20,38H2,1H3/t21-/m0/s1. The quantitative estimate of drug-likeness (QED) is 0.165. The van der Waals surface area contributed by atoms with Gasteiger partial charge in [-0.2, -0.15) is 0 Å². The van der Waals surface area contributed by atoms with E-state index in [-0.39, 0.29) is 34.6 Å². The van der Waals surface area contributed by atoms with Crippen LogP contribution in [0.15, 0.2) is 96.0 Å². The Kier molecular flexibility index (Phi) is 8.41. The minimum atomic E-state index is -4.09. The number of nitrogens with zero attached hydrogens (tertiary/aromatic N) is 3. The molecule has 46 heavy (non-hydrogen) atoms. The number of nitrogens with two attached hydrogens (primary N) is 1. The summed E-state index contributed by atoms with van der Waals surface area (Å²) in [7, 11) is -4.09. The van der Waals surface area contributed by atoms with Gasteiger partial charge in [0.2, 0.25) is 0 Å². The second-order valence-corrected chi connectivity index (χ2v) is 12.9. The molecule has 1 amide bonds. The van der Waals surface area contributed by atoms with Gasteiger partial charge >= 0.3 is 0 Å². The third-order valence-corrected chi connectivity index (χ3v) is 9.47. The van der Waals surface area contributed by atoms with Crippen LogP contribution < -0.4 is 10.5 Å². The molecule has 5 aromatic rings. The second kappa shape index (κ2) is 12.5. The fourth-order valence-electron chi connectivity index (χ4n) is 5.81. The highest BCUT2D eigenvalue weighted by Crippen LogP contribution is 2.34. The normalized spacial score (nSPS) is 15.7. The van der Waals surface area contributed by atoms with Crippen molar-refractivity contribution in [2.45, 2.75) is 24.4 Å². The molecule has 0 spiro atoms. The number of para-hydroxylation sites is 1. The third kappa shape index (κ3) is 6.26. The number of aromatic nitrogens is 1. The number of pyridine rings is 1. The Labute approximate surface area is 264 Å². The van der Waals surface area contributed by atoms with E-state index >= 15 is 0 Å². The van der Waals surface area contributed by atoms with Crippen molar-refractivity contribution in [2.75, 3.05) is 30.1 Å². The van der Waals surface area contributed by atoms with Crippen molar-refractivity contribution < 1.29 is 26.4 Å². The molecule has 0 unspecified atom stereocenters. The summed E-state index contributed by atoms with van der Waals surface area (Å²) in [5.41, 5.74) is 8.66. The zero-order chi connectivity index (χ0) is 32.6. The molecule has 1 atom stereocenters. The summed E-state index contributed by atoms with van der Waals surface area (Å²) in [6.45, 7) is 2.91. The maximum absolute atomic E-state index is 14.2. The van der Waals surface area contributed by atoms with Gasteiger partial charge in [0.15, 0.2) is 11.6 Å². The van der Waals surface area contributed by atoms with Gasteiger partial charge in [0.1, 0.15) is 5.82 Å². The largest absolute Gasteiger partial charge is 0.399 e. The van der Waals surface area contributed by atoms with E-state index in [0.29, 0.717) is 53.6 Å². The van der Waals surface area contributed by atoms with Crippen molar-refractivity contribution in [2.24, 2.45) is 0 Å². The molecule has 6 rings (SSSR count). The Hall–Kier alpha value is -4.94. The molecule has 0 saturated carbocycles. The Morgan fingerprint density at radius 2 is 1.72 bits per heavy atom. The summed E-state index contributed by atoms with van der Waals surface area (Å²) in [6, 6.07) is 21.1. The Bertz CT molecular complexity index is 2050. The fourth-order valence-corrected chi connectivity index (χ4v) is 7.08. The maximum Gasteiger partial charge on any atom is 0.262 e. The van der Waals surface area contributed by atoms with Crippen molar-refractivity contribution in [3.8, 4) is 11.1 Å². The Morgan fingerprint density at radius 3 is 2.48 bits per heavy atom. The van der Waals surface area contributed by atoms with E-state index in [1.54, 1.807) is 41.4 Å². The summed E-state index contributed by atoms with van der Waals surface area (Å²) in [4.78, 5) is 21.4. The van der Waals surface area contributed by atoms with Crippen LogP contribution in [0, 0.1) is 17.5 Å². The van der Waals surface area contributed by atoms with Crippen molar-refractivity contribution >= 4 is 38.2 Å². The first kappa shape index (κ1) is 31.1. The van der Waals surface area contributed by atoms with E-state index in [2.05, 4.69) is 9.71 Å². The van der Waals surface area contributed by atoms with Gasteiger partial charge in [-0.25, -0.2) is 21.6 Å². The van der Waals surface area contributed by atoms with Gasteiger partial charge in [-0.3, -0.25) is 19.4 Å². The molecule has 1 saturated heterocycles. The topological polar surface area (TPSA) is 109 Å². The zero-order valence-electron chi connectivity index (χ0n) is 24.8. The maximum atomic E-state index is 14.2. The Morgan fingerprint density at radius 1 is 0.957 bits per heavy atom. The molecule has 8 nitrogen and oxygen atoms in total. The molecule has 1 fully saturated rings. The summed E-state index contributed by atoms with van der Waals surface area (Å²) < 4.78 is 71.4. The average molecular weight is 646 g/mol. The van der Waals surface area contributed by atoms with Crippen LogP contribution in [-0.4, -0.2) is 54.8 Å². The number of halogens is 3. The average Bonchev–Trinajstić information content (AvgIpc) is 3.03. The molecule has 4 aromatic carbocycles. The van der Waals surface area contributed by atoms with Gasteiger partial charge in [-0.15, -0.1) is 0 Å². The van der Waals surface area contributed by atoms with Crippen LogP contribution in [0.3, 0.4) is 0 Å². The molecule has 1 aromatic heterocycles. The van der Waals surface area contributed by atoms with Gasteiger partial charge in [-0.1, -0.05) is 24.3 Å². The number of fused-ring (bicyclic) bond motifs is 1. The van der Waals surface area contributed by atoms with Crippen molar-refractivity contribution in [3.05, 3.63) is 120 Å². The predicted octanol–water partition coefficient (Wildman–Crippen LogP) is 6.05. The molecular formula is C34H30F3N5O3S. The zero-order valence-corrected chi connectivity index (χ0v) is 25.6. The molecule has 3 N–H and O–H groups in total. The summed E-state index contributed by atoms with van der Waals surface area (Å²) in [5.74, 6) is -3.42. The molecule has 1 aliphatic heterocycles. The minimum absolute atomic E-state index is 0.00839. The van der Waals surface area contributed by atoms with E-state index in [1.165, 1.54) is 24.3 Å². The van der Waals surface area contributed by atoms with E-state index < -0.39 is 27.5 Å². The highest BCUT2D eigenvalue weighted by molar-refractivity contribution is 7.92. The lowest BCUT2D eigenvalue weighted by Crippen LogP contribution is -2.53. The summed E-state index contributed by atoms with van der Waals surface area (Å²) >= 11 is 0. The van der Waals surface area contributed by atoms with E-state index in [0.717, 1.165) is 11.5 Å². The first-order valence-electron chi connectivity index (χ1n) is 14.5. The van der Waals surface area contributed by atoms with Gasteiger partial charge < -0.3 is 10.6 Å². The molecule has 1 aliphatic rings. The monoisotopic (exact) mass is 645 g/mol. The van der Waals surface area contributed by atoms with Crippen LogP contribution in [0.25, 0.3) is 22.0 Å². The number of carbonyl (C=O) groups excluding carboxylic acids is 1. The van der Waals surface area contributed by atoms with E-state index in [4.69, 9.17) is 5.73 Å². The van der Waals surface area contributed by atoms with Crippen molar-refractivity contribution in [1.82, 2.24) is 14.8 Å². The second-order valence-electron chi connectivity index (χ2n) is 11.3. The van der Waals surface area contributed by atoms with E-state index in [9.17, 15) is 26.4 Å². The van der Waals surface area contributed by atoms with E-state index in [1.807, 2.05) is 30.0 Å². The highest BCUT2D eigenvalue weighted by atomic mass is 32.2. The number of piperazine rings is 1. The molecule has 12 heteroatoms. The molecular weight excluding hydrogens is 615 g/mol. The Balaban J connectivity index is 1.16. The van der Waals surface area contributed by atoms with Gasteiger partial charge in [0.25, 0.3) is 15.9 Å². The number of carbonyl (C=O) groups is 1.